The van der Waals surface area contributed by atoms with Gasteiger partial charge in [0.15, 0.2) is 0 Å². The smallest absolute Gasteiger partial charge is 0.441 e. The molecule has 1 aliphatic rings. The van der Waals surface area contributed by atoms with Crippen LogP contribution in [0.3, 0.4) is 0 Å². The highest BCUT2D eigenvalue weighted by molar-refractivity contribution is 5.63. The first kappa shape index (κ1) is 14.5. The number of hydrogen-bond acceptors (Lipinski definition) is 2. The van der Waals surface area contributed by atoms with Crippen LogP contribution in [0.2, 0.25) is 0 Å². The average Bonchev–Trinajstić information content (AvgIpc) is 2.34. The minimum atomic E-state index is -5.64. The zero-order valence-electron chi connectivity index (χ0n) is 9.97. The van der Waals surface area contributed by atoms with Crippen LogP contribution in [0.4, 0.5) is 26.3 Å². The summed E-state index contributed by atoms with van der Waals surface area (Å²) in [7, 11) is 1.24. The Morgan fingerprint density at radius 2 is 1.65 bits per heavy atom. The number of alkyl halides is 6. The van der Waals surface area contributed by atoms with Gasteiger partial charge in [0.2, 0.25) is 0 Å². The first-order valence-electron chi connectivity index (χ1n) is 5.30. The normalized spacial score (nSPS) is 17.4. The van der Waals surface area contributed by atoms with Crippen molar-refractivity contribution in [1.82, 2.24) is 0 Å². The summed E-state index contributed by atoms with van der Waals surface area (Å²) in [6, 6.07) is 3.69. The molecule has 0 atom stereocenters. The van der Waals surface area contributed by atoms with E-state index in [0.717, 1.165) is 12.1 Å². The van der Waals surface area contributed by atoms with Crippen LogP contribution in [0.25, 0.3) is 6.08 Å². The summed E-state index contributed by atoms with van der Waals surface area (Å²) in [6.45, 7) is 0. The van der Waals surface area contributed by atoms with Crippen LogP contribution in [0.1, 0.15) is 5.56 Å². The molecule has 2 nitrogen and oxygen atoms in total. The molecule has 8 heteroatoms. The van der Waals surface area contributed by atoms with Gasteiger partial charge in [-0.15, -0.1) is 0 Å². The standard InChI is InChI=1S/C12H8F6O2/c1-19-8-3-2-7-4-5-10(11(13,14)15,12(16,17)18)20-9(7)6-8/h2-6H,1H3. The highest BCUT2D eigenvalue weighted by Crippen LogP contribution is 2.50. The minimum absolute atomic E-state index is 0.0260. The molecule has 0 radical (unpaired) electrons. The highest BCUT2D eigenvalue weighted by atomic mass is 19.4. The number of benzene rings is 1. The van der Waals surface area contributed by atoms with E-state index in [4.69, 9.17) is 4.74 Å². The molecule has 20 heavy (non-hydrogen) atoms. The number of hydrogen-bond donors (Lipinski definition) is 0. The zero-order valence-corrected chi connectivity index (χ0v) is 9.97. The molecule has 0 saturated carbocycles. The van der Waals surface area contributed by atoms with Gasteiger partial charge in [-0.2, -0.15) is 26.3 Å². The minimum Gasteiger partial charge on any atom is -0.497 e. The summed E-state index contributed by atoms with van der Waals surface area (Å²) in [5.74, 6) is -0.446. The molecule has 0 spiro atoms. The summed E-state index contributed by atoms with van der Waals surface area (Å²) < 4.78 is 86.1. The van der Waals surface area contributed by atoms with Gasteiger partial charge in [-0.1, -0.05) is 6.08 Å². The maximum atomic E-state index is 12.8. The van der Waals surface area contributed by atoms with E-state index in [9.17, 15) is 26.3 Å². The van der Waals surface area contributed by atoms with Gasteiger partial charge in [-0.05, 0) is 18.2 Å². The third kappa shape index (κ3) is 2.08. The van der Waals surface area contributed by atoms with Gasteiger partial charge in [0, 0.05) is 11.6 Å². The summed E-state index contributed by atoms with van der Waals surface area (Å²) in [5.41, 5.74) is -4.24. The van der Waals surface area contributed by atoms with Crippen LogP contribution in [0, 0.1) is 0 Å². The number of fused-ring (bicyclic) bond motifs is 1. The summed E-state index contributed by atoms with van der Waals surface area (Å²) in [5, 5.41) is 0. The Bertz CT molecular complexity index is 530. The molecule has 0 saturated heterocycles. The van der Waals surface area contributed by atoms with Crippen LogP contribution in [0.15, 0.2) is 24.3 Å². The fourth-order valence-electron chi connectivity index (χ4n) is 1.75. The molecule has 0 N–H and O–H groups in total. The quantitative estimate of drug-likeness (QED) is 0.731. The lowest BCUT2D eigenvalue weighted by Crippen LogP contribution is -2.60. The lowest BCUT2D eigenvalue weighted by Gasteiger charge is -2.37. The molecule has 0 bridgehead atoms. The molecule has 0 aliphatic carbocycles. The van der Waals surface area contributed by atoms with Gasteiger partial charge in [0.25, 0.3) is 0 Å². The van der Waals surface area contributed by atoms with Crippen LogP contribution in [0.5, 0.6) is 11.5 Å². The van der Waals surface area contributed by atoms with E-state index in [-0.39, 0.29) is 17.4 Å². The van der Waals surface area contributed by atoms with E-state index in [1.807, 2.05) is 0 Å². The molecule has 1 aliphatic heterocycles. The number of halogens is 6. The van der Waals surface area contributed by atoms with E-state index < -0.39 is 23.7 Å². The van der Waals surface area contributed by atoms with Gasteiger partial charge in [-0.25, -0.2) is 0 Å². The third-order valence-electron chi connectivity index (χ3n) is 2.83. The second-order valence-corrected chi connectivity index (χ2v) is 4.07. The van der Waals surface area contributed by atoms with Crippen molar-refractivity contribution < 1.29 is 35.8 Å². The molecule has 0 aromatic heterocycles. The SMILES string of the molecule is COc1ccc2c(c1)OC(C(F)(F)F)(C(F)(F)F)C=C2. The van der Waals surface area contributed by atoms with Crippen molar-refractivity contribution in [3.8, 4) is 11.5 Å². The lowest BCUT2D eigenvalue weighted by atomic mass is 9.96. The Kier molecular flexibility index (Phi) is 3.14. The number of rotatable bonds is 1. The first-order valence-corrected chi connectivity index (χ1v) is 5.30. The van der Waals surface area contributed by atoms with Crippen molar-refractivity contribution in [1.29, 1.82) is 0 Å². The van der Waals surface area contributed by atoms with E-state index in [1.165, 1.54) is 19.2 Å². The van der Waals surface area contributed by atoms with Crippen molar-refractivity contribution in [2.45, 2.75) is 18.0 Å². The van der Waals surface area contributed by atoms with Crippen molar-refractivity contribution in [3.63, 3.8) is 0 Å². The van der Waals surface area contributed by atoms with E-state index in [2.05, 4.69) is 4.74 Å². The number of methoxy groups -OCH3 is 1. The van der Waals surface area contributed by atoms with Crippen LogP contribution < -0.4 is 9.47 Å². The van der Waals surface area contributed by atoms with Gasteiger partial charge in [0.1, 0.15) is 11.5 Å². The van der Waals surface area contributed by atoms with E-state index >= 15 is 0 Å². The Hall–Kier alpha value is -1.86. The van der Waals surface area contributed by atoms with Gasteiger partial charge < -0.3 is 9.47 Å². The van der Waals surface area contributed by atoms with Crippen molar-refractivity contribution >= 4 is 6.08 Å². The molecule has 110 valence electrons. The maximum absolute atomic E-state index is 12.8. The molecule has 2 rings (SSSR count). The molecular weight excluding hydrogens is 290 g/mol. The molecule has 0 amide bonds. The molecule has 0 unspecified atom stereocenters. The van der Waals surface area contributed by atoms with Gasteiger partial charge >= 0.3 is 18.0 Å². The second-order valence-electron chi connectivity index (χ2n) is 4.07. The largest absolute Gasteiger partial charge is 0.497 e. The fourth-order valence-corrected chi connectivity index (χ4v) is 1.75. The van der Waals surface area contributed by atoms with Crippen LogP contribution in [-0.2, 0) is 0 Å². The predicted octanol–water partition coefficient (Wildman–Crippen LogP) is 3.96. The van der Waals surface area contributed by atoms with E-state index in [0.29, 0.717) is 0 Å². The molecule has 1 aromatic rings. The monoisotopic (exact) mass is 298 g/mol. The topological polar surface area (TPSA) is 18.5 Å². The molecule has 0 fully saturated rings. The first-order chi connectivity index (χ1) is 9.11. The third-order valence-corrected chi connectivity index (χ3v) is 2.83. The summed E-state index contributed by atoms with van der Waals surface area (Å²) >= 11 is 0. The summed E-state index contributed by atoms with van der Waals surface area (Å²) in [4.78, 5) is 0. The Morgan fingerprint density at radius 3 is 2.15 bits per heavy atom. The zero-order chi connectivity index (χ0) is 15.2. The Morgan fingerprint density at radius 1 is 1.05 bits per heavy atom. The Labute approximate surface area is 109 Å². The molecule has 1 heterocycles. The molecular formula is C12H8F6O2. The van der Waals surface area contributed by atoms with Gasteiger partial charge in [-0.3, -0.25) is 0 Å². The lowest BCUT2D eigenvalue weighted by molar-refractivity contribution is -0.337. The molecule has 1 aromatic carbocycles. The van der Waals surface area contributed by atoms with Crippen molar-refractivity contribution in [2.24, 2.45) is 0 Å². The van der Waals surface area contributed by atoms with Crippen molar-refractivity contribution in [3.05, 3.63) is 29.8 Å². The average molecular weight is 298 g/mol. The maximum Gasteiger partial charge on any atom is 0.441 e. The predicted molar refractivity (Wildman–Crippen MR) is 57.5 cm³/mol. The Balaban J connectivity index is 2.56. The number of ether oxygens (including phenoxy) is 2. The van der Waals surface area contributed by atoms with E-state index in [1.54, 1.807) is 0 Å². The summed E-state index contributed by atoms with van der Waals surface area (Å²) in [6.07, 6.45) is -10.6. The van der Waals surface area contributed by atoms with Gasteiger partial charge in [0.05, 0.1) is 7.11 Å². The van der Waals surface area contributed by atoms with Crippen LogP contribution >= 0.6 is 0 Å². The van der Waals surface area contributed by atoms with Crippen LogP contribution in [-0.4, -0.2) is 25.1 Å². The van der Waals surface area contributed by atoms with Crippen molar-refractivity contribution in [2.75, 3.05) is 7.11 Å². The second kappa shape index (κ2) is 4.32. The highest BCUT2D eigenvalue weighted by Gasteiger charge is 2.73. The fraction of sp³-hybridized carbons (Fsp3) is 0.333.